The molecule has 0 atom stereocenters. The van der Waals surface area contributed by atoms with Crippen LogP contribution in [0.2, 0.25) is 0 Å². The van der Waals surface area contributed by atoms with Crippen molar-refractivity contribution in [3.8, 4) is 0 Å². The topological polar surface area (TPSA) is 38.9 Å². The second-order valence-electron chi connectivity index (χ2n) is 0.912. The van der Waals surface area contributed by atoms with E-state index in [1.54, 1.807) is 6.92 Å². The van der Waals surface area contributed by atoms with Crippen LogP contribution in [0.5, 0.6) is 0 Å². The van der Waals surface area contributed by atoms with E-state index in [-0.39, 0.29) is 51.4 Å². The Labute approximate surface area is 83.9 Å². The van der Waals surface area contributed by atoms with Crippen molar-refractivity contribution in [2.75, 3.05) is 0 Å². The summed E-state index contributed by atoms with van der Waals surface area (Å²) in [6.45, 7) is 1.71. The van der Waals surface area contributed by atoms with Crippen LogP contribution in [0.15, 0.2) is 4.42 Å². The molecule has 0 amide bonds. The van der Waals surface area contributed by atoms with E-state index in [4.69, 9.17) is 0 Å². The second-order valence-corrected chi connectivity index (χ2v) is 0.912. The van der Waals surface area contributed by atoms with E-state index < -0.39 is 0 Å². The maximum Gasteiger partial charge on any atom is 1.00 e. The fourth-order valence-electron chi connectivity index (χ4n) is 0.198. The van der Waals surface area contributed by atoms with Gasteiger partial charge in [0.1, 0.15) is 0 Å². The smallest absolute Gasteiger partial charge is 0.613 e. The number of rotatable bonds is 0. The Bertz CT molecular complexity index is 116. The van der Waals surface area contributed by atoms with Gasteiger partial charge in [-0.2, -0.15) is 0 Å². The predicted octanol–water partition coefficient (Wildman–Crippen LogP) is -2.82. The summed E-state index contributed by atoms with van der Waals surface area (Å²) in [5.74, 6) is 0.551. The summed E-state index contributed by atoms with van der Waals surface area (Å²) >= 11 is 0. The molecule has 1 aromatic heterocycles. The molecule has 0 spiro atoms. The first-order chi connectivity index (χ1) is 2.89. The summed E-state index contributed by atoms with van der Waals surface area (Å²) in [5, 5.41) is 6.72. The molecular weight excluding hydrogens is 119 g/mol. The van der Waals surface area contributed by atoms with Crippen LogP contribution in [0.4, 0.5) is 0 Å². The van der Waals surface area contributed by atoms with Gasteiger partial charge in [-0.15, -0.1) is 0 Å². The zero-order valence-electron chi connectivity index (χ0n) is 4.30. The monoisotopic (exact) mass is 122 g/mol. The SMILES string of the molecule is Cc1nn[c-]o1.[K+]. The van der Waals surface area contributed by atoms with E-state index in [2.05, 4.69) is 21.0 Å². The molecular formula is C3H3KN2O. The van der Waals surface area contributed by atoms with Crippen LogP contribution in [0.25, 0.3) is 0 Å². The molecule has 32 valence electrons. The molecule has 1 aromatic rings. The van der Waals surface area contributed by atoms with Gasteiger partial charge in [-0.1, -0.05) is 6.92 Å². The van der Waals surface area contributed by atoms with Crippen molar-refractivity contribution in [2.24, 2.45) is 0 Å². The Balaban J connectivity index is 0.000000360. The molecule has 7 heavy (non-hydrogen) atoms. The molecule has 1 rings (SSSR count). The normalized spacial score (nSPS) is 7.57. The van der Waals surface area contributed by atoms with Crippen LogP contribution in [-0.4, -0.2) is 10.2 Å². The molecule has 0 saturated carbocycles. The second kappa shape index (κ2) is 3.74. The van der Waals surface area contributed by atoms with Crippen molar-refractivity contribution in [1.29, 1.82) is 0 Å². The fraction of sp³-hybridized carbons (Fsp3) is 0.333. The van der Waals surface area contributed by atoms with Crippen molar-refractivity contribution in [2.45, 2.75) is 6.92 Å². The van der Waals surface area contributed by atoms with Crippen molar-refractivity contribution in [3.05, 3.63) is 12.3 Å². The number of nitrogens with zero attached hydrogens (tertiary/aromatic N) is 2. The molecule has 4 heteroatoms. The van der Waals surface area contributed by atoms with Gasteiger partial charge in [-0.05, 0) is 0 Å². The van der Waals surface area contributed by atoms with Gasteiger partial charge in [-0.25, -0.2) is 10.2 Å². The molecule has 0 N–H and O–H groups in total. The average Bonchev–Trinajstić information content (AvgIpc) is 1.86. The Morgan fingerprint density at radius 1 is 1.71 bits per heavy atom. The largest absolute Gasteiger partial charge is 1.00 e. The standard InChI is InChI=1S/C3H3N2O.K/c1-3-5-4-2-6-3;/h1H3;/q-1;+1. The van der Waals surface area contributed by atoms with Crippen LogP contribution < -0.4 is 51.4 Å². The number of aryl methyl sites for hydroxylation is 1. The van der Waals surface area contributed by atoms with Crippen molar-refractivity contribution >= 4 is 0 Å². The van der Waals surface area contributed by atoms with E-state index >= 15 is 0 Å². The van der Waals surface area contributed by atoms with Gasteiger partial charge in [0.2, 0.25) is 0 Å². The first-order valence-corrected chi connectivity index (χ1v) is 1.56. The van der Waals surface area contributed by atoms with Crippen LogP contribution >= 0.6 is 0 Å². The van der Waals surface area contributed by atoms with E-state index in [0.29, 0.717) is 5.89 Å². The van der Waals surface area contributed by atoms with Gasteiger partial charge in [0.25, 0.3) is 0 Å². The average molecular weight is 122 g/mol. The third-order valence-electron chi connectivity index (χ3n) is 0.425. The van der Waals surface area contributed by atoms with Crippen LogP contribution in [0, 0.1) is 13.3 Å². The minimum Gasteiger partial charge on any atom is -0.613 e. The van der Waals surface area contributed by atoms with Gasteiger partial charge in [-0.3, -0.25) is 0 Å². The van der Waals surface area contributed by atoms with Crippen LogP contribution in [-0.2, 0) is 0 Å². The van der Waals surface area contributed by atoms with Gasteiger partial charge in [0.15, 0.2) is 0 Å². The van der Waals surface area contributed by atoms with Crippen molar-refractivity contribution < 1.29 is 55.8 Å². The molecule has 3 nitrogen and oxygen atoms in total. The van der Waals surface area contributed by atoms with Crippen LogP contribution in [0.3, 0.4) is 0 Å². The van der Waals surface area contributed by atoms with Gasteiger partial charge in [0.05, 0.1) is 12.3 Å². The molecule has 1 heterocycles. The summed E-state index contributed by atoms with van der Waals surface area (Å²) < 4.78 is 4.49. The third-order valence-corrected chi connectivity index (χ3v) is 0.425. The van der Waals surface area contributed by atoms with Crippen molar-refractivity contribution in [3.63, 3.8) is 0 Å². The molecule has 0 aromatic carbocycles. The number of hydrogen-bond acceptors (Lipinski definition) is 3. The Morgan fingerprint density at radius 2 is 2.43 bits per heavy atom. The molecule has 0 fully saturated rings. The first-order valence-electron chi connectivity index (χ1n) is 1.56. The Kier molecular flexibility index (Phi) is 4.15. The minimum atomic E-state index is 0. The van der Waals surface area contributed by atoms with E-state index in [1.807, 2.05) is 0 Å². The van der Waals surface area contributed by atoms with Gasteiger partial charge < -0.3 is 4.42 Å². The van der Waals surface area contributed by atoms with E-state index in [1.165, 1.54) is 0 Å². The van der Waals surface area contributed by atoms with Crippen LogP contribution in [0.1, 0.15) is 5.89 Å². The summed E-state index contributed by atoms with van der Waals surface area (Å²) in [5.41, 5.74) is 0. The molecule has 0 aliphatic heterocycles. The Morgan fingerprint density at radius 3 is 2.57 bits per heavy atom. The third kappa shape index (κ3) is 2.56. The fourth-order valence-corrected chi connectivity index (χ4v) is 0.198. The maximum absolute atomic E-state index is 4.49. The van der Waals surface area contributed by atoms with E-state index in [0.717, 1.165) is 0 Å². The molecule has 0 radical (unpaired) electrons. The summed E-state index contributed by atoms with van der Waals surface area (Å²) in [4.78, 5) is 0. The molecule has 0 unspecified atom stereocenters. The zero-order chi connectivity index (χ0) is 4.41. The van der Waals surface area contributed by atoms with Gasteiger partial charge in [0, 0.05) is 0 Å². The molecule has 0 aliphatic rings. The van der Waals surface area contributed by atoms with Crippen molar-refractivity contribution in [1.82, 2.24) is 10.2 Å². The van der Waals surface area contributed by atoms with E-state index in [9.17, 15) is 0 Å². The molecule has 0 bridgehead atoms. The Hall–Kier alpha value is 0.776. The summed E-state index contributed by atoms with van der Waals surface area (Å²) in [6, 6.07) is 0. The maximum atomic E-state index is 4.49. The zero-order valence-corrected chi connectivity index (χ0v) is 7.43. The summed E-state index contributed by atoms with van der Waals surface area (Å²) in [6.07, 6.45) is 2.19. The predicted molar refractivity (Wildman–Crippen MR) is 17.9 cm³/mol. The summed E-state index contributed by atoms with van der Waals surface area (Å²) in [7, 11) is 0. The number of hydrogen-bond donors (Lipinski definition) is 0. The quantitative estimate of drug-likeness (QED) is 0.275. The minimum absolute atomic E-state index is 0. The first kappa shape index (κ1) is 7.78. The number of aromatic nitrogens is 2. The molecule has 0 saturated heterocycles. The molecule has 0 aliphatic carbocycles. The van der Waals surface area contributed by atoms with Gasteiger partial charge >= 0.3 is 51.4 Å².